The molecule has 24 heavy (non-hydrogen) atoms. The second-order valence-electron chi connectivity index (χ2n) is 5.45. The van der Waals surface area contributed by atoms with E-state index in [4.69, 9.17) is 4.74 Å². The van der Waals surface area contributed by atoms with Crippen LogP contribution in [0.4, 0.5) is 9.18 Å². The number of hydrogen-bond acceptors (Lipinski definition) is 2. The number of amides is 1. The molecule has 2 aromatic rings. The number of nitrogens with one attached hydrogen (secondary N) is 1. The molecular formula is C20H20FNO2. The van der Waals surface area contributed by atoms with Crippen molar-refractivity contribution in [2.24, 2.45) is 0 Å². The van der Waals surface area contributed by atoms with Crippen LogP contribution in [0.3, 0.4) is 0 Å². The second kappa shape index (κ2) is 8.73. The predicted octanol–water partition coefficient (Wildman–Crippen LogP) is 4.11. The van der Waals surface area contributed by atoms with Crippen LogP contribution in [0.5, 0.6) is 0 Å². The number of alkyl carbamates (subject to hydrolysis) is 1. The van der Waals surface area contributed by atoms with Crippen LogP contribution < -0.4 is 5.32 Å². The SMILES string of the molecule is Cc1cc(F)cc(C)c1C#CCCNC(=O)OCc1ccccc1. The average Bonchev–Trinajstić information content (AvgIpc) is 2.55. The van der Waals surface area contributed by atoms with Crippen molar-refractivity contribution in [3.8, 4) is 11.8 Å². The van der Waals surface area contributed by atoms with Crippen LogP contribution in [-0.2, 0) is 11.3 Å². The van der Waals surface area contributed by atoms with Gasteiger partial charge in [0.25, 0.3) is 0 Å². The summed E-state index contributed by atoms with van der Waals surface area (Å²) in [6, 6.07) is 12.4. The molecule has 0 unspecified atom stereocenters. The maximum absolute atomic E-state index is 13.2. The van der Waals surface area contributed by atoms with Crippen LogP contribution in [0.15, 0.2) is 42.5 Å². The summed E-state index contributed by atoms with van der Waals surface area (Å²) >= 11 is 0. The van der Waals surface area contributed by atoms with Gasteiger partial charge in [-0.2, -0.15) is 0 Å². The number of rotatable bonds is 4. The van der Waals surface area contributed by atoms with Gasteiger partial charge in [-0.15, -0.1) is 0 Å². The quantitative estimate of drug-likeness (QED) is 0.678. The molecule has 0 heterocycles. The third-order valence-corrected chi connectivity index (χ3v) is 3.44. The number of hydrogen-bond donors (Lipinski definition) is 1. The van der Waals surface area contributed by atoms with Crippen molar-refractivity contribution in [1.29, 1.82) is 0 Å². The monoisotopic (exact) mass is 325 g/mol. The van der Waals surface area contributed by atoms with Gasteiger partial charge in [0.1, 0.15) is 12.4 Å². The van der Waals surface area contributed by atoms with E-state index in [2.05, 4.69) is 17.2 Å². The third-order valence-electron chi connectivity index (χ3n) is 3.44. The van der Waals surface area contributed by atoms with E-state index in [1.807, 2.05) is 44.2 Å². The van der Waals surface area contributed by atoms with E-state index in [9.17, 15) is 9.18 Å². The lowest BCUT2D eigenvalue weighted by atomic mass is 10.0. The van der Waals surface area contributed by atoms with Crippen LogP contribution in [0.1, 0.15) is 28.7 Å². The van der Waals surface area contributed by atoms with E-state index >= 15 is 0 Å². The lowest BCUT2D eigenvalue weighted by Crippen LogP contribution is -2.24. The zero-order chi connectivity index (χ0) is 17.4. The third kappa shape index (κ3) is 5.44. The number of ether oxygens (including phenoxy) is 1. The molecular weight excluding hydrogens is 305 g/mol. The van der Waals surface area contributed by atoms with E-state index < -0.39 is 6.09 Å². The molecule has 0 aliphatic heterocycles. The number of benzene rings is 2. The summed E-state index contributed by atoms with van der Waals surface area (Å²) in [4.78, 5) is 11.6. The predicted molar refractivity (Wildman–Crippen MR) is 92.0 cm³/mol. The van der Waals surface area contributed by atoms with Crippen LogP contribution in [-0.4, -0.2) is 12.6 Å². The largest absolute Gasteiger partial charge is 0.445 e. The van der Waals surface area contributed by atoms with E-state index in [0.29, 0.717) is 13.0 Å². The fourth-order valence-corrected chi connectivity index (χ4v) is 2.26. The van der Waals surface area contributed by atoms with Gasteiger partial charge in [-0.25, -0.2) is 9.18 Å². The Morgan fingerprint density at radius 2 is 1.83 bits per heavy atom. The van der Waals surface area contributed by atoms with Crippen molar-refractivity contribution in [2.45, 2.75) is 26.9 Å². The minimum atomic E-state index is -0.463. The Balaban J connectivity index is 1.74. The number of aryl methyl sites for hydroxylation is 2. The molecule has 0 saturated carbocycles. The molecule has 1 N–H and O–H groups in total. The summed E-state index contributed by atoms with van der Waals surface area (Å²) in [5, 5.41) is 2.65. The Morgan fingerprint density at radius 3 is 2.50 bits per heavy atom. The van der Waals surface area contributed by atoms with E-state index in [1.54, 1.807) is 0 Å². The first-order valence-electron chi connectivity index (χ1n) is 7.76. The van der Waals surface area contributed by atoms with Gasteiger partial charge in [0.05, 0.1) is 0 Å². The van der Waals surface area contributed by atoms with Gasteiger partial charge in [-0.3, -0.25) is 0 Å². The maximum Gasteiger partial charge on any atom is 0.407 e. The van der Waals surface area contributed by atoms with Gasteiger partial charge < -0.3 is 10.1 Å². The molecule has 3 nitrogen and oxygen atoms in total. The molecule has 124 valence electrons. The lowest BCUT2D eigenvalue weighted by Gasteiger charge is -2.05. The molecule has 0 atom stereocenters. The molecule has 0 fully saturated rings. The standard InChI is InChI=1S/C20H20FNO2/c1-15-12-18(21)13-16(2)19(15)10-6-7-11-22-20(23)24-14-17-8-4-3-5-9-17/h3-5,8-9,12-13H,7,11,14H2,1-2H3,(H,22,23). The Hall–Kier alpha value is -2.80. The summed E-state index contributed by atoms with van der Waals surface area (Å²) in [5.41, 5.74) is 3.41. The highest BCUT2D eigenvalue weighted by Crippen LogP contribution is 2.14. The first-order valence-corrected chi connectivity index (χ1v) is 7.76. The van der Waals surface area contributed by atoms with Crippen molar-refractivity contribution in [2.75, 3.05) is 6.54 Å². The average molecular weight is 325 g/mol. The smallest absolute Gasteiger partial charge is 0.407 e. The number of halogens is 1. The number of carbonyl (C=O) groups excluding carboxylic acids is 1. The summed E-state index contributed by atoms with van der Waals surface area (Å²) in [5.74, 6) is 5.77. The topological polar surface area (TPSA) is 38.3 Å². The fourth-order valence-electron chi connectivity index (χ4n) is 2.26. The minimum absolute atomic E-state index is 0.242. The van der Waals surface area contributed by atoms with Crippen molar-refractivity contribution in [3.05, 3.63) is 70.5 Å². The van der Waals surface area contributed by atoms with Crippen LogP contribution >= 0.6 is 0 Å². The van der Waals surface area contributed by atoms with Gasteiger partial charge in [0.2, 0.25) is 0 Å². The van der Waals surface area contributed by atoms with Crippen LogP contribution in [0, 0.1) is 31.5 Å². The highest BCUT2D eigenvalue weighted by molar-refractivity contribution is 5.67. The normalized spacial score (nSPS) is 9.79. The molecule has 2 rings (SSSR count). The molecule has 0 spiro atoms. The summed E-state index contributed by atoms with van der Waals surface area (Å²) in [7, 11) is 0. The zero-order valence-corrected chi connectivity index (χ0v) is 13.9. The van der Waals surface area contributed by atoms with Gasteiger partial charge in [-0.05, 0) is 42.7 Å². The molecule has 4 heteroatoms. The molecule has 0 aromatic heterocycles. The molecule has 1 amide bonds. The first-order chi connectivity index (χ1) is 11.6. The Bertz CT molecular complexity index is 737. The Labute approximate surface area is 141 Å². The van der Waals surface area contributed by atoms with Crippen molar-refractivity contribution < 1.29 is 13.9 Å². The zero-order valence-electron chi connectivity index (χ0n) is 13.9. The van der Waals surface area contributed by atoms with E-state index in [0.717, 1.165) is 22.3 Å². The molecule has 2 aromatic carbocycles. The van der Waals surface area contributed by atoms with Crippen LogP contribution in [0.2, 0.25) is 0 Å². The van der Waals surface area contributed by atoms with Gasteiger partial charge in [-0.1, -0.05) is 42.2 Å². The molecule has 0 saturated heterocycles. The molecule has 0 aliphatic rings. The second-order valence-corrected chi connectivity index (χ2v) is 5.45. The van der Waals surface area contributed by atoms with Gasteiger partial charge in [0, 0.05) is 18.5 Å². The fraction of sp³-hybridized carbons (Fsp3) is 0.250. The summed E-state index contributed by atoms with van der Waals surface area (Å²) < 4.78 is 18.3. The van der Waals surface area contributed by atoms with Gasteiger partial charge in [0.15, 0.2) is 0 Å². The van der Waals surface area contributed by atoms with Crippen molar-refractivity contribution in [3.63, 3.8) is 0 Å². The maximum atomic E-state index is 13.2. The lowest BCUT2D eigenvalue weighted by molar-refractivity contribution is 0.140. The highest BCUT2D eigenvalue weighted by Gasteiger charge is 2.03. The van der Waals surface area contributed by atoms with Crippen LogP contribution in [0.25, 0.3) is 0 Å². The number of carbonyl (C=O) groups is 1. The van der Waals surface area contributed by atoms with E-state index in [-0.39, 0.29) is 12.4 Å². The summed E-state index contributed by atoms with van der Waals surface area (Å²) in [6.45, 7) is 4.31. The first kappa shape index (κ1) is 17.6. The van der Waals surface area contributed by atoms with Crippen molar-refractivity contribution >= 4 is 6.09 Å². The Kier molecular flexibility index (Phi) is 6.39. The van der Waals surface area contributed by atoms with Crippen molar-refractivity contribution in [1.82, 2.24) is 5.32 Å². The Morgan fingerprint density at radius 1 is 1.17 bits per heavy atom. The molecule has 0 aliphatic carbocycles. The van der Waals surface area contributed by atoms with E-state index in [1.165, 1.54) is 12.1 Å². The molecule has 0 bridgehead atoms. The molecule has 0 radical (unpaired) electrons. The highest BCUT2D eigenvalue weighted by atomic mass is 19.1. The van der Waals surface area contributed by atoms with Gasteiger partial charge >= 0.3 is 6.09 Å². The minimum Gasteiger partial charge on any atom is -0.445 e. The summed E-state index contributed by atoms with van der Waals surface area (Å²) in [6.07, 6.45) is 0.0336.